The molecule has 1 heterocycles. The SMILES string of the molecule is CCN(CC)CCN1C(=O)C(=O)C(=C(O)c2cc(C)ccc2O)C1c1cccc(OC)c1OC. The number of aryl methyl sites for hydroxylation is 1. The molecular weight excluding hydrogens is 436 g/mol. The van der Waals surface area contributed by atoms with Crippen LogP contribution in [0.4, 0.5) is 0 Å². The van der Waals surface area contributed by atoms with Crippen LogP contribution in [-0.4, -0.2) is 72.1 Å². The second kappa shape index (κ2) is 10.6. The maximum atomic E-state index is 13.3. The number of aliphatic hydroxyl groups excluding tert-OH is 1. The predicted molar refractivity (Wildman–Crippen MR) is 129 cm³/mol. The maximum Gasteiger partial charge on any atom is 0.295 e. The number of ketones is 1. The Balaban J connectivity index is 2.25. The van der Waals surface area contributed by atoms with Crippen LogP contribution in [0.15, 0.2) is 42.0 Å². The summed E-state index contributed by atoms with van der Waals surface area (Å²) < 4.78 is 11.0. The number of Topliss-reactive ketones (excluding diaryl/α,β-unsaturated/α-hetero) is 1. The Morgan fingerprint density at radius 3 is 2.41 bits per heavy atom. The number of aromatic hydroxyl groups is 1. The highest BCUT2D eigenvalue weighted by Crippen LogP contribution is 2.46. The average Bonchev–Trinajstić information content (AvgIpc) is 3.09. The minimum atomic E-state index is -0.916. The van der Waals surface area contributed by atoms with E-state index in [0.29, 0.717) is 23.6 Å². The van der Waals surface area contributed by atoms with Gasteiger partial charge in [-0.1, -0.05) is 37.6 Å². The zero-order valence-electron chi connectivity index (χ0n) is 20.3. The maximum absolute atomic E-state index is 13.3. The molecule has 8 heteroatoms. The monoisotopic (exact) mass is 468 g/mol. The smallest absolute Gasteiger partial charge is 0.295 e. The molecule has 2 N–H and O–H groups in total. The molecule has 1 aliphatic heterocycles. The number of nitrogens with zero attached hydrogens (tertiary/aromatic N) is 2. The number of carbonyl (C=O) groups excluding carboxylic acids is 2. The molecule has 0 aromatic heterocycles. The second-order valence-corrected chi connectivity index (χ2v) is 8.12. The van der Waals surface area contributed by atoms with Crippen molar-refractivity contribution in [3.63, 3.8) is 0 Å². The first-order valence-electron chi connectivity index (χ1n) is 11.3. The molecule has 1 unspecified atom stereocenters. The molecule has 34 heavy (non-hydrogen) atoms. The average molecular weight is 469 g/mol. The van der Waals surface area contributed by atoms with E-state index >= 15 is 0 Å². The number of phenolic OH excluding ortho intramolecular Hbond substituents is 1. The summed E-state index contributed by atoms with van der Waals surface area (Å²) in [4.78, 5) is 30.1. The summed E-state index contributed by atoms with van der Waals surface area (Å²) >= 11 is 0. The van der Waals surface area contributed by atoms with Gasteiger partial charge in [-0.2, -0.15) is 0 Å². The van der Waals surface area contributed by atoms with E-state index in [1.807, 2.05) is 20.8 Å². The third-order valence-electron chi connectivity index (χ3n) is 6.23. The van der Waals surface area contributed by atoms with Crippen LogP contribution < -0.4 is 9.47 Å². The molecule has 2 aromatic carbocycles. The summed E-state index contributed by atoms with van der Waals surface area (Å²) in [5.74, 6) is -1.34. The van der Waals surface area contributed by atoms with Crippen molar-refractivity contribution in [3.05, 3.63) is 58.7 Å². The molecule has 3 rings (SSSR count). The van der Waals surface area contributed by atoms with Crippen molar-refractivity contribution >= 4 is 17.4 Å². The van der Waals surface area contributed by atoms with Crippen LogP contribution in [0.5, 0.6) is 17.2 Å². The number of methoxy groups -OCH3 is 2. The lowest BCUT2D eigenvalue weighted by Gasteiger charge is -2.29. The number of aliphatic hydroxyl groups is 1. The molecule has 1 saturated heterocycles. The Bertz CT molecular complexity index is 1110. The van der Waals surface area contributed by atoms with E-state index in [4.69, 9.17) is 9.47 Å². The molecule has 1 aliphatic rings. The van der Waals surface area contributed by atoms with E-state index in [1.54, 1.807) is 30.3 Å². The van der Waals surface area contributed by atoms with Gasteiger partial charge in [-0.25, -0.2) is 0 Å². The van der Waals surface area contributed by atoms with Gasteiger partial charge < -0.3 is 29.5 Å². The van der Waals surface area contributed by atoms with Crippen LogP contribution in [-0.2, 0) is 9.59 Å². The lowest BCUT2D eigenvalue weighted by Crippen LogP contribution is -2.38. The number of para-hydroxylation sites is 1. The molecule has 1 atom stereocenters. The zero-order valence-corrected chi connectivity index (χ0v) is 20.3. The predicted octanol–water partition coefficient (Wildman–Crippen LogP) is 3.48. The molecule has 8 nitrogen and oxygen atoms in total. The molecule has 2 aromatic rings. The fourth-order valence-electron chi connectivity index (χ4n) is 4.33. The quantitative estimate of drug-likeness (QED) is 0.330. The van der Waals surface area contributed by atoms with Crippen LogP contribution >= 0.6 is 0 Å². The Kier molecular flexibility index (Phi) is 7.83. The van der Waals surface area contributed by atoms with Crippen LogP contribution in [0.3, 0.4) is 0 Å². The normalized spacial score (nSPS) is 17.5. The van der Waals surface area contributed by atoms with Crippen LogP contribution in [0.1, 0.15) is 36.6 Å². The minimum absolute atomic E-state index is 0.0913. The first kappa shape index (κ1) is 25.1. The van der Waals surface area contributed by atoms with E-state index in [9.17, 15) is 19.8 Å². The number of ether oxygens (including phenoxy) is 2. The second-order valence-electron chi connectivity index (χ2n) is 8.12. The van der Waals surface area contributed by atoms with Crippen molar-refractivity contribution in [3.8, 4) is 17.2 Å². The highest BCUT2D eigenvalue weighted by Gasteiger charge is 2.47. The van der Waals surface area contributed by atoms with Gasteiger partial charge in [-0.05, 0) is 38.2 Å². The van der Waals surface area contributed by atoms with E-state index in [0.717, 1.165) is 18.7 Å². The number of likely N-dealkylation sites (N-methyl/N-ethyl adjacent to an activating group) is 1. The Morgan fingerprint density at radius 2 is 1.79 bits per heavy atom. The third-order valence-corrected chi connectivity index (χ3v) is 6.23. The summed E-state index contributed by atoms with van der Waals surface area (Å²) in [5.41, 5.74) is 1.28. The van der Waals surface area contributed by atoms with Gasteiger partial charge in [0.1, 0.15) is 11.5 Å². The number of rotatable bonds is 9. The van der Waals surface area contributed by atoms with E-state index in [-0.39, 0.29) is 23.4 Å². The van der Waals surface area contributed by atoms with Crippen molar-refractivity contribution in [2.75, 3.05) is 40.4 Å². The van der Waals surface area contributed by atoms with Crippen LogP contribution in [0.25, 0.3) is 5.76 Å². The molecule has 0 aliphatic carbocycles. The van der Waals surface area contributed by atoms with Crippen LogP contribution in [0, 0.1) is 6.92 Å². The molecule has 0 radical (unpaired) electrons. The molecular formula is C26H32N2O6. The van der Waals surface area contributed by atoms with Gasteiger partial charge in [0.05, 0.1) is 31.4 Å². The molecule has 1 amide bonds. The molecule has 0 bridgehead atoms. The number of amides is 1. The van der Waals surface area contributed by atoms with Crippen molar-refractivity contribution < 1.29 is 29.3 Å². The van der Waals surface area contributed by atoms with Gasteiger partial charge in [-0.3, -0.25) is 9.59 Å². The van der Waals surface area contributed by atoms with Crippen molar-refractivity contribution in [2.24, 2.45) is 0 Å². The fraction of sp³-hybridized carbons (Fsp3) is 0.385. The molecule has 0 spiro atoms. The molecule has 1 fully saturated rings. The van der Waals surface area contributed by atoms with Gasteiger partial charge in [0.2, 0.25) is 0 Å². The van der Waals surface area contributed by atoms with Crippen molar-refractivity contribution in [1.82, 2.24) is 9.80 Å². The first-order valence-corrected chi connectivity index (χ1v) is 11.3. The van der Waals surface area contributed by atoms with E-state index in [2.05, 4.69) is 4.90 Å². The number of likely N-dealkylation sites (tertiary alicyclic amines) is 1. The summed E-state index contributed by atoms with van der Waals surface area (Å²) in [5, 5.41) is 21.7. The number of carbonyl (C=O) groups is 2. The summed E-state index contributed by atoms with van der Waals surface area (Å²) in [6.07, 6.45) is 0. The Morgan fingerprint density at radius 1 is 1.09 bits per heavy atom. The van der Waals surface area contributed by atoms with Crippen molar-refractivity contribution in [1.29, 1.82) is 0 Å². The van der Waals surface area contributed by atoms with E-state index in [1.165, 1.54) is 25.2 Å². The Hall–Kier alpha value is -3.52. The van der Waals surface area contributed by atoms with Gasteiger partial charge in [0.15, 0.2) is 11.5 Å². The third kappa shape index (κ3) is 4.59. The van der Waals surface area contributed by atoms with Gasteiger partial charge in [0, 0.05) is 18.7 Å². The number of hydrogen-bond donors (Lipinski definition) is 2. The summed E-state index contributed by atoms with van der Waals surface area (Å²) in [6.45, 7) is 8.28. The largest absolute Gasteiger partial charge is 0.507 e. The van der Waals surface area contributed by atoms with Gasteiger partial charge in [0.25, 0.3) is 11.7 Å². The fourth-order valence-corrected chi connectivity index (χ4v) is 4.33. The van der Waals surface area contributed by atoms with Crippen molar-refractivity contribution in [2.45, 2.75) is 26.8 Å². The molecule has 0 saturated carbocycles. The summed E-state index contributed by atoms with van der Waals surface area (Å²) in [7, 11) is 2.99. The van der Waals surface area contributed by atoms with E-state index < -0.39 is 23.5 Å². The van der Waals surface area contributed by atoms with Gasteiger partial charge >= 0.3 is 0 Å². The molecule has 182 valence electrons. The zero-order chi connectivity index (χ0) is 25.0. The Labute approximate surface area is 200 Å². The number of hydrogen-bond acceptors (Lipinski definition) is 7. The standard InChI is InChI=1S/C26H32N2O6/c1-6-27(7-2)13-14-28-22(17-9-8-10-20(33-4)25(17)34-5)21(24(31)26(28)32)23(30)18-15-16(3)11-12-19(18)29/h8-12,15,22,29-30H,6-7,13-14H2,1-5H3. The number of benzene rings is 2. The lowest BCUT2D eigenvalue weighted by atomic mass is 9.93. The topological polar surface area (TPSA) is 99.5 Å². The minimum Gasteiger partial charge on any atom is -0.507 e. The lowest BCUT2D eigenvalue weighted by molar-refractivity contribution is -0.140. The highest BCUT2D eigenvalue weighted by molar-refractivity contribution is 6.46. The van der Waals surface area contributed by atoms with Crippen LogP contribution in [0.2, 0.25) is 0 Å². The van der Waals surface area contributed by atoms with Gasteiger partial charge in [-0.15, -0.1) is 0 Å². The highest BCUT2D eigenvalue weighted by atomic mass is 16.5. The first-order chi connectivity index (χ1) is 16.3. The number of phenols is 1. The summed E-state index contributed by atoms with van der Waals surface area (Å²) in [6, 6.07) is 9.00.